The minimum absolute atomic E-state index is 0.108. The molecule has 0 saturated carbocycles. The number of thioether (sulfide) groups is 1. The van der Waals surface area contributed by atoms with Crippen LogP contribution in [0.15, 0.2) is 101 Å². The fourth-order valence-corrected chi connectivity index (χ4v) is 5.91. The van der Waals surface area contributed by atoms with Crippen LogP contribution in [0.2, 0.25) is 0 Å². The van der Waals surface area contributed by atoms with E-state index in [4.69, 9.17) is 9.47 Å². The quantitative estimate of drug-likeness (QED) is 0.114. The Morgan fingerprint density at radius 2 is 1.65 bits per heavy atom. The Hall–Kier alpha value is -5.09. The second-order valence-electron chi connectivity index (χ2n) is 9.67. The molecule has 0 unspecified atom stereocenters. The van der Waals surface area contributed by atoms with E-state index in [9.17, 15) is 4.79 Å². The van der Waals surface area contributed by atoms with Crippen LogP contribution in [-0.2, 0) is 11.3 Å². The zero-order valence-electron chi connectivity index (χ0n) is 24.0. The van der Waals surface area contributed by atoms with Crippen molar-refractivity contribution in [2.75, 3.05) is 20.0 Å². The average molecular weight is 591 g/mol. The number of carbonyl (C=O) groups excluding carboxylic acids is 1. The van der Waals surface area contributed by atoms with Gasteiger partial charge in [-0.2, -0.15) is 5.10 Å². The van der Waals surface area contributed by atoms with Crippen LogP contribution in [0.1, 0.15) is 12.5 Å². The first-order valence-electron chi connectivity index (χ1n) is 13.8. The number of hydrogen-bond acceptors (Lipinski definition) is 7. The Balaban J connectivity index is 1.19. The first kappa shape index (κ1) is 28.0. The first-order valence-corrected chi connectivity index (χ1v) is 14.8. The Labute approximate surface area is 253 Å². The number of methoxy groups -OCH3 is 2. The molecule has 0 saturated heterocycles. The summed E-state index contributed by atoms with van der Waals surface area (Å²) in [5, 5.41) is 16.0. The molecule has 0 radical (unpaired) electrons. The standard InChI is InChI=1S/C33H30N6O3S/c1-4-38-27-13-9-8-12-25(27)26-18-22(14-16-28(26)38)20-34-35-31(40)21-43-33-37-36-32(39(33)24-10-6-5-7-11-24)23-15-17-29(41-2)30(19-23)42-3/h5-20H,4,21H2,1-3H3,(H,35,40)/b34-20+. The van der Waals surface area contributed by atoms with Crippen molar-refractivity contribution in [2.45, 2.75) is 18.6 Å². The van der Waals surface area contributed by atoms with Gasteiger partial charge in [0.05, 0.1) is 26.2 Å². The fraction of sp³-hybridized carbons (Fsp3) is 0.152. The number of benzene rings is 4. The van der Waals surface area contributed by atoms with Crippen LogP contribution >= 0.6 is 11.8 Å². The number of aromatic nitrogens is 4. The molecular weight excluding hydrogens is 560 g/mol. The summed E-state index contributed by atoms with van der Waals surface area (Å²) in [5.41, 5.74) is 7.61. The molecule has 0 aliphatic heterocycles. The van der Waals surface area contributed by atoms with Crippen LogP contribution in [0.4, 0.5) is 0 Å². The molecule has 0 spiro atoms. The van der Waals surface area contributed by atoms with E-state index in [0.717, 1.165) is 28.7 Å². The number of amides is 1. The summed E-state index contributed by atoms with van der Waals surface area (Å²) in [5.74, 6) is 1.69. The lowest BCUT2D eigenvalue weighted by molar-refractivity contribution is -0.118. The van der Waals surface area contributed by atoms with E-state index in [1.165, 1.54) is 28.2 Å². The SMILES string of the molecule is CCn1c2ccccc2c2cc(/C=N/NC(=O)CSc3nnc(-c4ccc(OC)c(OC)c4)n3-c3ccccc3)ccc21. The monoisotopic (exact) mass is 590 g/mol. The lowest BCUT2D eigenvalue weighted by Crippen LogP contribution is -2.20. The molecule has 216 valence electrons. The fourth-order valence-electron chi connectivity index (χ4n) is 5.17. The number of para-hydroxylation sites is 2. The smallest absolute Gasteiger partial charge is 0.250 e. The van der Waals surface area contributed by atoms with Crippen LogP contribution in [0.5, 0.6) is 11.5 Å². The van der Waals surface area contributed by atoms with Crippen LogP contribution in [0.25, 0.3) is 38.9 Å². The van der Waals surface area contributed by atoms with Crippen molar-refractivity contribution in [1.82, 2.24) is 24.8 Å². The van der Waals surface area contributed by atoms with E-state index in [1.54, 1.807) is 20.4 Å². The number of carbonyl (C=O) groups is 1. The lowest BCUT2D eigenvalue weighted by atomic mass is 10.1. The van der Waals surface area contributed by atoms with Gasteiger partial charge in [-0.05, 0) is 61.0 Å². The van der Waals surface area contributed by atoms with Gasteiger partial charge in [0, 0.05) is 39.6 Å². The molecule has 9 nitrogen and oxygen atoms in total. The number of hydrogen-bond donors (Lipinski definition) is 1. The normalized spacial score (nSPS) is 11.4. The molecule has 4 aromatic carbocycles. The summed E-state index contributed by atoms with van der Waals surface area (Å²) < 4.78 is 15.1. The first-order chi connectivity index (χ1) is 21.1. The van der Waals surface area contributed by atoms with Gasteiger partial charge in [0.2, 0.25) is 0 Å². The van der Waals surface area contributed by atoms with Gasteiger partial charge in [-0.3, -0.25) is 9.36 Å². The minimum Gasteiger partial charge on any atom is -0.493 e. The van der Waals surface area contributed by atoms with Crippen molar-refractivity contribution in [3.8, 4) is 28.6 Å². The Kier molecular flexibility index (Phi) is 8.10. The molecule has 6 rings (SSSR count). The van der Waals surface area contributed by atoms with E-state index in [1.807, 2.05) is 59.2 Å². The van der Waals surface area contributed by atoms with Crippen LogP contribution in [0.3, 0.4) is 0 Å². The van der Waals surface area contributed by atoms with Crippen LogP contribution in [-0.4, -0.2) is 51.4 Å². The van der Waals surface area contributed by atoms with Crippen LogP contribution < -0.4 is 14.9 Å². The average Bonchev–Trinajstić information content (AvgIpc) is 3.62. The van der Waals surface area contributed by atoms with Crippen molar-refractivity contribution in [3.63, 3.8) is 0 Å². The van der Waals surface area contributed by atoms with E-state index < -0.39 is 0 Å². The Morgan fingerprint density at radius 3 is 2.44 bits per heavy atom. The number of rotatable bonds is 10. The maximum atomic E-state index is 12.8. The van der Waals surface area contributed by atoms with Gasteiger partial charge in [-0.1, -0.05) is 54.2 Å². The van der Waals surface area contributed by atoms with E-state index in [-0.39, 0.29) is 11.7 Å². The summed E-state index contributed by atoms with van der Waals surface area (Å²) >= 11 is 1.28. The van der Waals surface area contributed by atoms with Crippen molar-refractivity contribution in [3.05, 3.63) is 96.6 Å². The zero-order valence-corrected chi connectivity index (χ0v) is 24.8. The summed E-state index contributed by atoms with van der Waals surface area (Å²) in [7, 11) is 3.19. The number of aryl methyl sites for hydroxylation is 1. The van der Waals surface area contributed by atoms with Gasteiger partial charge in [-0.25, -0.2) is 5.43 Å². The highest BCUT2D eigenvalue weighted by Crippen LogP contribution is 2.34. The topological polar surface area (TPSA) is 95.6 Å². The zero-order chi connectivity index (χ0) is 29.8. The number of nitrogens with zero attached hydrogens (tertiary/aromatic N) is 5. The van der Waals surface area contributed by atoms with Gasteiger partial charge < -0.3 is 14.0 Å². The minimum atomic E-state index is -0.250. The predicted octanol–water partition coefficient (Wildman–Crippen LogP) is 6.32. The maximum Gasteiger partial charge on any atom is 0.250 e. The molecule has 0 aliphatic carbocycles. The summed E-state index contributed by atoms with van der Waals surface area (Å²) in [4.78, 5) is 12.8. The number of ether oxygens (including phenoxy) is 2. The highest BCUT2D eigenvalue weighted by atomic mass is 32.2. The molecule has 1 amide bonds. The highest BCUT2D eigenvalue weighted by Gasteiger charge is 2.19. The summed E-state index contributed by atoms with van der Waals surface area (Å²) in [6.45, 7) is 3.03. The molecule has 43 heavy (non-hydrogen) atoms. The molecule has 2 aromatic heterocycles. The van der Waals surface area contributed by atoms with Crippen molar-refractivity contribution in [1.29, 1.82) is 0 Å². The van der Waals surface area contributed by atoms with Gasteiger partial charge in [-0.15, -0.1) is 10.2 Å². The van der Waals surface area contributed by atoms with Crippen molar-refractivity contribution < 1.29 is 14.3 Å². The molecule has 2 heterocycles. The van der Waals surface area contributed by atoms with Crippen molar-refractivity contribution in [2.24, 2.45) is 5.10 Å². The third kappa shape index (κ3) is 5.56. The molecular formula is C33H30N6O3S. The molecule has 0 atom stereocenters. The van der Waals surface area contributed by atoms with Gasteiger partial charge in [0.25, 0.3) is 5.91 Å². The molecule has 0 fully saturated rings. The molecule has 10 heteroatoms. The Morgan fingerprint density at radius 1 is 0.884 bits per heavy atom. The predicted molar refractivity (Wildman–Crippen MR) is 171 cm³/mol. The lowest BCUT2D eigenvalue weighted by Gasteiger charge is -2.12. The van der Waals surface area contributed by atoms with E-state index >= 15 is 0 Å². The third-order valence-electron chi connectivity index (χ3n) is 7.14. The second-order valence-corrected chi connectivity index (χ2v) is 10.6. The summed E-state index contributed by atoms with van der Waals surface area (Å²) in [6, 6.07) is 30.0. The number of hydrazone groups is 1. The van der Waals surface area contributed by atoms with E-state index in [2.05, 4.69) is 68.6 Å². The molecule has 1 N–H and O–H groups in total. The van der Waals surface area contributed by atoms with Crippen molar-refractivity contribution >= 4 is 45.7 Å². The third-order valence-corrected chi connectivity index (χ3v) is 8.07. The Bertz CT molecular complexity index is 1950. The maximum absolute atomic E-state index is 12.8. The van der Waals surface area contributed by atoms with Gasteiger partial charge >= 0.3 is 0 Å². The molecule has 6 aromatic rings. The van der Waals surface area contributed by atoms with Gasteiger partial charge in [0.15, 0.2) is 22.5 Å². The van der Waals surface area contributed by atoms with Gasteiger partial charge in [0.1, 0.15) is 0 Å². The number of nitrogens with one attached hydrogen (secondary N) is 1. The molecule has 0 aliphatic rings. The second kappa shape index (κ2) is 12.4. The number of fused-ring (bicyclic) bond motifs is 3. The van der Waals surface area contributed by atoms with E-state index in [0.29, 0.717) is 22.5 Å². The molecule has 0 bridgehead atoms. The largest absolute Gasteiger partial charge is 0.493 e. The highest BCUT2D eigenvalue weighted by molar-refractivity contribution is 7.99. The van der Waals surface area contributed by atoms with Crippen LogP contribution in [0, 0.1) is 0 Å². The summed E-state index contributed by atoms with van der Waals surface area (Å²) in [6.07, 6.45) is 1.67.